The fourth-order valence-electron chi connectivity index (χ4n) is 3.32. The molecule has 0 heterocycles. The van der Waals surface area contributed by atoms with Crippen LogP contribution in [-0.4, -0.2) is 41.9 Å². The standard InChI is InChI=1S/C12H23N.C4H7NO3S.CH4S.H2O/c1-3-7-11(8-4-1)13-12-9-5-2-6-10-12;1-9-5-3(6)2-4(7)8;1-2;/h11-13H,1-10H2;2H2,1H3,(H,5,6)(H,7,8);2H,1H3;1H2. The fraction of sp³-hybridized carbons (Fsp3) is 0.882. The summed E-state index contributed by atoms with van der Waals surface area (Å²) < 4.78 is 2.23. The Morgan fingerprint density at radius 1 is 1.00 bits per heavy atom. The highest BCUT2D eigenvalue weighted by molar-refractivity contribution is 7.97. The minimum absolute atomic E-state index is 0. The summed E-state index contributed by atoms with van der Waals surface area (Å²) in [6, 6.07) is 1.99. The maximum Gasteiger partial charge on any atom is 0.235 e. The maximum atomic E-state index is 10.3. The van der Waals surface area contributed by atoms with E-state index in [2.05, 4.69) is 22.7 Å². The topological polar surface area (TPSA) is 117 Å². The Morgan fingerprint density at radius 2 is 1.40 bits per heavy atom. The zero-order chi connectivity index (χ0) is 18.2. The first-order valence-corrected chi connectivity index (χ1v) is 11.0. The van der Waals surface area contributed by atoms with Gasteiger partial charge < -0.3 is 25.4 Å². The highest BCUT2D eigenvalue weighted by Gasteiger charge is 2.22. The monoisotopic (exact) mass is 396 g/mol. The van der Waals surface area contributed by atoms with Gasteiger partial charge in [0.05, 0.1) is 24.5 Å². The smallest absolute Gasteiger partial charge is 0.235 e. The summed E-state index contributed by atoms with van der Waals surface area (Å²) in [6.07, 6.45) is 17.7. The van der Waals surface area contributed by atoms with Crippen molar-refractivity contribution in [1.29, 1.82) is 0 Å². The molecule has 0 saturated heterocycles. The Kier molecular flexibility index (Phi) is 19.7. The summed E-state index contributed by atoms with van der Waals surface area (Å²) in [5.74, 6) is -1.90. The van der Waals surface area contributed by atoms with E-state index < -0.39 is 18.3 Å². The van der Waals surface area contributed by atoms with E-state index in [1.165, 1.54) is 64.2 Å². The molecule has 0 bridgehead atoms. The van der Waals surface area contributed by atoms with Crippen molar-refractivity contribution in [3.05, 3.63) is 0 Å². The molecule has 2 fully saturated rings. The number of carboxylic acids is 1. The summed E-state index contributed by atoms with van der Waals surface area (Å²) in [7, 11) is 0. The number of thiol groups is 1. The highest BCUT2D eigenvalue weighted by Crippen LogP contribution is 2.18. The largest absolute Gasteiger partial charge is 0.550 e. The van der Waals surface area contributed by atoms with Crippen molar-refractivity contribution in [3.8, 4) is 0 Å². The van der Waals surface area contributed by atoms with Crippen LogP contribution < -0.4 is 15.1 Å². The van der Waals surface area contributed by atoms with E-state index in [1.54, 1.807) is 12.5 Å². The first-order chi connectivity index (χ1) is 11.6. The molecule has 0 aliphatic heterocycles. The normalized spacial score (nSPS) is 17.7. The number of aliphatic carboxylic acids is 1. The summed E-state index contributed by atoms with van der Waals surface area (Å²) in [4.78, 5) is 20.0. The molecule has 8 heteroatoms. The van der Waals surface area contributed by atoms with Gasteiger partial charge in [-0.1, -0.05) is 24.8 Å². The molecule has 6 nitrogen and oxygen atoms in total. The fourth-order valence-corrected chi connectivity index (χ4v) is 3.62. The molecule has 2 saturated carbocycles. The van der Waals surface area contributed by atoms with Gasteiger partial charge in [0, 0.05) is 6.26 Å². The Labute approximate surface area is 162 Å². The minimum atomic E-state index is -1.36. The number of nitrogens with two attached hydrogens (primary N) is 1. The Hall–Kier alpha value is -0.440. The van der Waals surface area contributed by atoms with Gasteiger partial charge in [0.1, 0.15) is 0 Å². The number of quaternary nitrogens is 1. The molecule has 2 aliphatic rings. The molecule has 25 heavy (non-hydrogen) atoms. The van der Waals surface area contributed by atoms with E-state index in [1.807, 2.05) is 0 Å². The predicted molar refractivity (Wildman–Crippen MR) is 105 cm³/mol. The van der Waals surface area contributed by atoms with Crippen LogP contribution in [0.1, 0.15) is 70.6 Å². The lowest BCUT2D eigenvalue weighted by atomic mass is 9.91. The van der Waals surface area contributed by atoms with Crippen LogP contribution in [-0.2, 0) is 9.59 Å². The van der Waals surface area contributed by atoms with Crippen molar-refractivity contribution in [2.45, 2.75) is 82.7 Å². The van der Waals surface area contributed by atoms with Crippen LogP contribution >= 0.6 is 24.6 Å². The lowest BCUT2D eigenvalue weighted by molar-refractivity contribution is -0.725. The van der Waals surface area contributed by atoms with E-state index >= 15 is 0 Å². The van der Waals surface area contributed by atoms with Gasteiger partial charge in [-0.15, -0.1) is 0 Å². The average Bonchev–Trinajstić information content (AvgIpc) is 2.59. The van der Waals surface area contributed by atoms with Gasteiger partial charge in [0.2, 0.25) is 5.91 Å². The van der Waals surface area contributed by atoms with Crippen LogP contribution in [0.4, 0.5) is 0 Å². The second-order valence-electron chi connectivity index (χ2n) is 6.27. The summed E-state index contributed by atoms with van der Waals surface area (Å²) in [5.41, 5.74) is 0. The Balaban J connectivity index is 0. The number of carbonyl (C=O) groups is 2. The van der Waals surface area contributed by atoms with Gasteiger partial charge in [-0.3, -0.25) is 4.79 Å². The first kappa shape index (κ1) is 26.8. The Morgan fingerprint density at radius 3 is 1.72 bits per heavy atom. The molecule has 5 N–H and O–H groups in total. The van der Waals surface area contributed by atoms with Gasteiger partial charge in [0.15, 0.2) is 0 Å². The molecule has 0 radical (unpaired) electrons. The SMILES string of the molecule is C1CCC([NH2+]C2CCCCC2)CC1.CS.CSNC(=O)CC(=O)[O-].O. The summed E-state index contributed by atoms with van der Waals surface area (Å²) >= 11 is 4.59. The second kappa shape index (κ2) is 18.4. The third-order valence-corrected chi connectivity index (χ3v) is 4.80. The van der Waals surface area contributed by atoms with Crippen molar-refractivity contribution in [1.82, 2.24) is 4.72 Å². The molecule has 0 unspecified atom stereocenters. The van der Waals surface area contributed by atoms with E-state index in [4.69, 9.17) is 0 Å². The number of carboxylic acid groups (broad SMARTS) is 1. The van der Waals surface area contributed by atoms with Crippen LogP contribution in [0.5, 0.6) is 0 Å². The lowest BCUT2D eigenvalue weighted by Gasteiger charge is -2.27. The number of carbonyl (C=O) groups excluding carboxylic acids is 2. The molecule has 2 aliphatic carbocycles. The molecule has 0 aromatic carbocycles. The molecule has 0 spiro atoms. The minimum Gasteiger partial charge on any atom is -0.550 e. The van der Waals surface area contributed by atoms with Crippen LogP contribution in [0.2, 0.25) is 0 Å². The zero-order valence-electron chi connectivity index (χ0n) is 15.6. The van der Waals surface area contributed by atoms with Gasteiger partial charge in [0.25, 0.3) is 0 Å². The maximum absolute atomic E-state index is 10.3. The van der Waals surface area contributed by atoms with Gasteiger partial charge in [-0.05, 0) is 57.6 Å². The third-order valence-electron chi connectivity index (χ3n) is 4.36. The number of hydrogen-bond acceptors (Lipinski definition) is 5. The first-order valence-electron chi connectivity index (χ1n) is 8.93. The van der Waals surface area contributed by atoms with Crippen molar-refractivity contribution >= 4 is 36.5 Å². The summed E-state index contributed by atoms with van der Waals surface area (Å²) in [5, 5.41) is 12.4. The number of rotatable bonds is 5. The Bertz CT molecular complexity index is 319. The van der Waals surface area contributed by atoms with Crippen LogP contribution in [0.3, 0.4) is 0 Å². The van der Waals surface area contributed by atoms with E-state index in [-0.39, 0.29) is 5.48 Å². The number of nitrogens with one attached hydrogen (secondary N) is 1. The van der Waals surface area contributed by atoms with Crippen LogP contribution in [0, 0.1) is 0 Å². The van der Waals surface area contributed by atoms with Crippen LogP contribution in [0.25, 0.3) is 0 Å². The molecular weight excluding hydrogens is 360 g/mol. The van der Waals surface area contributed by atoms with Gasteiger partial charge >= 0.3 is 0 Å². The lowest BCUT2D eigenvalue weighted by Crippen LogP contribution is -2.95. The molecule has 0 aromatic rings. The quantitative estimate of drug-likeness (QED) is 0.355. The number of hydrogen-bond donors (Lipinski definition) is 3. The molecule has 150 valence electrons. The molecule has 2 rings (SSSR count). The van der Waals surface area contributed by atoms with Crippen molar-refractivity contribution in [3.63, 3.8) is 0 Å². The zero-order valence-corrected chi connectivity index (χ0v) is 17.3. The molecule has 0 aromatic heterocycles. The van der Waals surface area contributed by atoms with Crippen molar-refractivity contribution in [2.75, 3.05) is 12.5 Å². The predicted octanol–water partition coefficient (Wildman–Crippen LogP) is 0.457. The third kappa shape index (κ3) is 15.5. The van der Waals surface area contributed by atoms with E-state index in [0.717, 1.165) is 24.0 Å². The van der Waals surface area contributed by atoms with Crippen LogP contribution in [0.15, 0.2) is 0 Å². The van der Waals surface area contributed by atoms with Crippen molar-refractivity contribution < 1.29 is 25.5 Å². The number of amides is 1. The molecule has 0 atom stereocenters. The highest BCUT2D eigenvalue weighted by atomic mass is 32.2. The summed E-state index contributed by atoms with van der Waals surface area (Å²) in [6.45, 7) is 0. The second-order valence-corrected chi connectivity index (χ2v) is 6.88. The van der Waals surface area contributed by atoms with E-state index in [9.17, 15) is 14.7 Å². The van der Waals surface area contributed by atoms with Gasteiger partial charge in [-0.25, -0.2) is 0 Å². The van der Waals surface area contributed by atoms with Crippen molar-refractivity contribution in [2.24, 2.45) is 0 Å². The van der Waals surface area contributed by atoms with E-state index in [0.29, 0.717) is 0 Å². The molecular formula is C17H36N2O4S2. The van der Waals surface area contributed by atoms with Gasteiger partial charge in [-0.2, -0.15) is 12.6 Å². The average molecular weight is 397 g/mol. The molecule has 1 amide bonds.